The van der Waals surface area contributed by atoms with Crippen LogP contribution in [0.5, 0.6) is 34.5 Å². The lowest BCUT2D eigenvalue weighted by atomic mass is 9.99. The number of nitrogens with zero attached hydrogens (tertiary/aromatic N) is 6. The smallest absolute Gasteiger partial charge is 0.344 e. The van der Waals surface area contributed by atoms with Gasteiger partial charge in [-0.25, -0.2) is 22.8 Å². The highest BCUT2D eigenvalue weighted by Gasteiger charge is 2.47. The minimum absolute atomic E-state index is 0.0206. The molecule has 0 spiro atoms. The number of benzene rings is 10. The van der Waals surface area contributed by atoms with Gasteiger partial charge in [0, 0.05) is 34.7 Å². The highest BCUT2D eigenvalue weighted by molar-refractivity contribution is 6.29. The van der Waals surface area contributed by atoms with Crippen molar-refractivity contribution in [2.45, 2.75) is 84.6 Å². The third-order valence-electron chi connectivity index (χ3n) is 18.9. The normalized spacial score (nSPS) is 13.0. The number of aromatic hydroxyl groups is 2. The van der Waals surface area contributed by atoms with Crippen molar-refractivity contribution < 1.29 is 90.2 Å². The topological polar surface area (TPSA) is 281 Å². The molecule has 0 radical (unpaired) electrons. The average Bonchev–Trinajstić information content (AvgIpc) is 1.61. The Labute approximate surface area is 667 Å². The van der Waals surface area contributed by atoms with E-state index < -0.39 is 107 Å². The number of ether oxygens (including phenoxy) is 6. The lowest BCUT2D eigenvalue weighted by Crippen LogP contribution is -2.29. The predicted molar refractivity (Wildman–Crippen MR) is 424 cm³/mol. The van der Waals surface area contributed by atoms with Crippen molar-refractivity contribution >= 4 is 80.1 Å². The lowest BCUT2D eigenvalue weighted by molar-refractivity contribution is -0.158. The summed E-state index contributed by atoms with van der Waals surface area (Å²) in [4.78, 5) is 123. The van der Waals surface area contributed by atoms with Gasteiger partial charge in [-0.1, -0.05) is 158 Å². The van der Waals surface area contributed by atoms with Crippen LogP contribution in [0, 0.1) is 17.5 Å². The quantitative estimate of drug-likeness (QED) is 0.0530. The van der Waals surface area contributed by atoms with Crippen molar-refractivity contribution in [3.8, 4) is 34.5 Å². The number of pyridine rings is 3. The first-order valence-electron chi connectivity index (χ1n) is 37.0. The maximum absolute atomic E-state index is 14.3. The number of hydrogen-bond donors (Lipinski definition) is 2. The van der Waals surface area contributed by atoms with Gasteiger partial charge in [0.05, 0.1) is 36.3 Å². The standard InChI is InChI=1S/C37H31FN2O6.C31H21FN2O4.C24H21FN2O6/c1-37(2,3)46-28(41)22-44-33-27-15-10-20-39-31(27)34(45-32(24-11-6-4-7-12-24)25-13-8-5-9-14-25)30-29(33)35(42)40(36(30)43)21-23-16-18-26(38)19-17-23;32-22-15-13-19(14-16-22)18-34-30(36)24-25(31(34)37)29(26-23(27(24)35)12-7-17-33-26)38-28(20-8-3-1-4-9-20)21-10-5-2-6-11-21;1-24(2,3)33-16(28)12-32-21-15-5-4-10-26-19(15)20(29)17-18(21)23(31)27(22(17)30)11-13-6-8-14(25)9-7-13/h4-20,32H,21-22H2,1-3H3;1-17,28,35H,18H2;4-10,29H,11-12H2,1-3H3. The number of carbonyl (C=O) groups is 8. The molecule has 6 heterocycles. The van der Waals surface area contributed by atoms with E-state index in [9.17, 15) is 61.7 Å². The number of amides is 6. The fourth-order valence-corrected chi connectivity index (χ4v) is 13.8. The van der Waals surface area contributed by atoms with E-state index >= 15 is 0 Å². The third-order valence-corrected chi connectivity index (χ3v) is 18.9. The number of rotatable bonds is 20. The Bertz CT molecular complexity index is 5960. The largest absolute Gasteiger partial charge is 0.506 e. The van der Waals surface area contributed by atoms with Crippen LogP contribution in [0.15, 0.2) is 249 Å². The van der Waals surface area contributed by atoms with Gasteiger partial charge >= 0.3 is 11.9 Å². The van der Waals surface area contributed by atoms with Gasteiger partial charge in [-0.15, -0.1) is 0 Å². The zero-order valence-corrected chi connectivity index (χ0v) is 63.8. The molecule has 3 aliphatic heterocycles. The van der Waals surface area contributed by atoms with Crippen molar-refractivity contribution in [1.29, 1.82) is 0 Å². The van der Waals surface area contributed by atoms with Gasteiger partial charge in [0.2, 0.25) is 0 Å². The molecule has 10 aromatic carbocycles. The van der Waals surface area contributed by atoms with Crippen LogP contribution < -0.4 is 18.9 Å². The Morgan fingerprint density at radius 3 is 0.957 bits per heavy atom. The molecule has 13 aromatic rings. The molecule has 16 rings (SSSR count). The molecule has 588 valence electrons. The summed E-state index contributed by atoms with van der Waals surface area (Å²) in [7, 11) is 0. The number of fused-ring (bicyclic) bond motifs is 6. The van der Waals surface area contributed by atoms with Gasteiger partial charge in [0.25, 0.3) is 35.4 Å². The molecule has 0 bridgehead atoms. The summed E-state index contributed by atoms with van der Waals surface area (Å²) in [6, 6.07) is 64.3. The van der Waals surface area contributed by atoms with E-state index in [0.29, 0.717) is 27.5 Å². The van der Waals surface area contributed by atoms with Crippen LogP contribution in [-0.2, 0) is 38.7 Å². The predicted octanol–water partition coefficient (Wildman–Crippen LogP) is 16.7. The maximum Gasteiger partial charge on any atom is 0.344 e. The summed E-state index contributed by atoms with van der Waals surface area (Å²) >= 11 is 0. The summed E-state index contributed by atoms with van der Waals surface area (Å²) in [6.45, 7) is 8.95. The monoisotopic (exact) mass is 1570 g/mol. The zero-order valence-electron chi connectivity index (χ0n) is 63.8. The summed E-state index contributed by atoms with van der Waals surface area (Å²) in [5.74, 6) is -7.21. The minimum Gasteiger partial charge on any atom is -0.506 e. The molecule has 2 N–H and O–H groups in total. The van der Waals surface area contributed by atoms with Gasteiger partial charge in [0.15, 0.2) is 30.5 Å². The van der Waals surface area contributed by atoms with Gasteiger partial charge in [-0.2, -0.15) is 0 Å². The van der Waals surface area contributed by atoms with E-state index in [4.69, 9.17) is 28.4 Å². The summed E-state index contributed by atoms with van der Waals surface area (Å²) in [5.41, 5.74) is 3.37. The number of imide groups is 3. The van der Waals surface area contributed by atoms with Gasteiger partial charge in [0.1, 0.15) is 91.4 Å². The second-order valence-corrected chi connectivity index (χ2v) is 29.3. The highest BCUT2D eigenvalue weighted by atomic mass is 19.1. The first-order chi connectivity index (χ1) is 56.2. The number of phenolic OH excluding ortho intramolecular Hbond substituents is 2. The van der Waals surface area contributed by atoms with E-state index in [1.807, 2.05) is 121 Å². The Morgan fingerprint density at radius 1 is 0.342 bits per heavy atom. The van der Waals surface area contributed by atoms with Crippen LogP contribution in [0.1, 0.15) is 155 Å². The SMILES string of the molecule is CC(C)(C)OC(=O)COc1c2c(c(O)c3ncccc13)C(=O)N(Cc1ccc(F)cc1)C2=O.CC(C)(C)OC(=O)COc1c2c(c(OC(c3ccccc3)c3ccccc3)c3ncccc13)C(=O)N(Cc1ccc(F)cc1)C2=O.O=C1c2c(c(OC(c3ccccc3)c3ccccc3)c3ncccc3c2O)C(=O)N1Cc1ccc(F)cc1. The second-order valence-electron chi connectivity index (χ2n) is 29.3. The molecule has 0 unspecified atom stereocenters. The van der Waals surface area contributed by atoms with Crippen LogP contribution in [0.25, 0.3) is 32.7 Å². The van der Waals surface area contributed by atoms with Gasteiger partial charge < -0.3 is 38.6 Å². The van der Waals surface area contributed by atoms with E-state index in [-0.39, 0.29) is 104 Å². The molecule has 25 heteroatoms. The highest BCUT2D eigenvalue weighted by Crippen LogP contribution is 2.50. The maximum atomic E-state index is 14.3. The number of hydrogen-bond acceptors (Lipinski definition) is 19. The van der Waals surface area contributed by atoms with Crippen LogP contribution in [0.4, 0.5) is 13.2 Å². The van der Waals surface area contributed by atoms with Crippen LogP contribution in [-0.4, -0.2) is 112 Å². The number of phenols is 2. The Kier molecular flexibility index (Phi) is 22.4. The number of halogens is 3. The fraction of sp³-hybridized carbons (Fsp3) is 0.163. The Morgan fingerprint density at radius 2 is 0.615 bits per heavy atom. The van der Waals surface area contributed by atoms with Crippen molar-refractivity contribution in [3.05, 3.63) is 339 Å². The molecular formula is C92H73F3N6O16. The first kappa shape index (κ1) is 79.0. The fourth-order valence-electron chi connectivity index (χ4n) is 13.8. The lowest BCUT2D eigenvalue weighted by Gasteiger charge is -2.23. The van der Waals surface area contributed by atoms with Gasteiger partial charge in [-0.3, -0.25) is 58.4 Å². The van der Waals surface area contributed by atoms with E-state index in [0.717, 1.165) is 37.0 Å². The number of aromatic nitrogens is 3. The van der Waals surface area contributed by atoms with E-state index in [2.05, 4.69) is 15.0 Å². The zero-order chi connectivity index (χ0) is 82.6. The van der Waals surface area contributed by atoms with Crippen molar-refractivity contribution in [2.24, 2.45) is 0 Å². The summed E-state index contributed by atoms with van der Waals surface area (Å²) < 4.78 is 76.1. The molecule has 6 amide bonds. The van der Waals surface area contributed by atoms with Crippen molar-refractivity contribution in [2.75, 3.05) is 13.2 Å². The van der Waals surface area contributed by atoms with Crippen molar-refractivity contribution in [3.63, 3.8) is 0 Å². The van der Waals surface area contributed by atoms with Crippen LogP contribution in [0.2, 0.25) is 0 Å². The van der Waals surface area contributed by atoms with Crippen molar-refractivity contribution in [1.82, 2.24) is 29.7 Å². The average molecular weight is 1580 g/mol. The molecule has 0 saturated heterocycles. The second kappa shape index (κ2) is 33.2. The molecule has 22 nitrogen and oxygen atoms in total. The molecule has 117 heavy (non-hydrogen) atoms. The van der Waals surface area contributed by atoms with E-state index in [1.165, 1.54) is 79.0 Å². The Balaban J connectivity index is 0.000000147. The van der Waals surface area contributed by atoms with E-state index in [1.54, 1.807) is 90.3 Å². The minimum atomic E-state index is -0.759. The Hall–Kier alpha value is -14.6. The summed E-state index contributed by atoms with van der Waals surface area (Å²) in [6.07, 6.45) is 3.23. The molecular weight excluding hydrogens is 1500 g/mol. The third kappa shape index (κ3) is 16.8. The molecule has 0 saturated carbocycles. The summed E-state index contributed by atoms with van der Waals surface area (Å²) in [5, 5.41) is 22.8. The molecule has 3 aromatic heterocycles. The first-order valence-corrected chi connectivity index (χ1v) is 37.0. The number of carbonyl (C=O) groups excluding carboxylic acids is 8. The molecule has 0 atom stereocenters. The molecule has 0 fully saturated rings. The molecule has 3 aliphatic rings. The molecule has 0 aliphatic carbocycles. The van der Waals surface area contributed by atoms with Crippen LogP contribution >= 0.6 is 0 Å². The van der Waals surface area contributed by atoms with Crippen LogP contribution in [0.3, 0.4) is 0 Å². The van der Waals surface area contributed by atoms with Gasteiger partial charge in [-0.05, 0) is 153 Å². The number of esters is 2.